The Balaban J connectivity index is 0.000000158. The number of anilines is 2. The summed E-state index contributed by atoms with van der Waals surface area (Å²) in [5, 5.41) is 15.8. The van der Waals surface area contributed by atoms with E-state index >= 15 is 0 Å². The quantitative estimate of drug-likeness (QED) is 0.0975. The molecule has 15 nitrogen and oxygen atoms in total. The van der Waals surface area contributed by atoms with E-state index < -0.39 is 10.8 Å². The van der Waals surface area contributed by atoms with Crippen molar-refractivity contribution in [2.45, 2.75) is 136 Å². The number of amides is 1. The van der Waals surface area contributed by atoms with Gasteiger partial charge in [0.25, 0.3) is 5.24 Å². The number of nitrogens with zero attached hydrogens (tertiary/aromatic N) is 8. The third-order valence-electron chi connectivity index (χ3n) is 13.9. The van der Waals surface area contributed by atoms with Crippen molar-refractivity contribution in [2.75, 3.05) is 42.5 Å². The third kappa shape index (κ3) is 12.2. The number of ether oxygens (including phenoxy) is 1. The van der Waals surface area contributed by atoms with Crippen LogP contribution in [0.25, 0.3) is 11.3 Å². The van der Waals surface area contributed by atoms with Crippen molar-refractivity contribution in [2.24, 2.45) is 11.7 Å². The number of piperidine rings is 1. The Labute approximate surface area is 416 Å². The van der Waals surface area contributed by atoms with E-state index in [-0.39, 0.29) is 35.8 Å². The zero-order valence-corrected chi connectivity index (χ0v) is 42.6. The number of aromatic nitrogens is 6. The second-order valence-electron chi connectivity index (χ2n) is 20.6. The molecule has 0 spiro atoms. The van der Waals surface area contributed by atoms with Crippen LogP contribution in [-0.2, 0) is 4.74 Å². The molecule has 3 aliphatic heterocycles. The van der Waals surface area contributed by atoms with Crippen molar-refractivity contribution in [1.82, 2.24) is 39.8 Å². The second-order valence-corrected chi connectivity index (χ2v) is 20.9. The predicted octanol–water partition coefficient (Wildman–Crippen LogP) is 9.37. The van der Waals surface area contributed by atoms with Crippen molar-refractivity contribution in [1.29, 1.82) is 0 Å². The van der Waals surface area contributed by atoms with Gasteiger partial charge in [-0.25, -0.2) is 23.8 Å². The monoisotopic (exact) mass is 972 g/mol. The maximum absolute atomic E-state index is 13.5. The number of aryl methyl sites for hydroxylation is 4. The molecule has 372 valence electrons. The highest BCUT2D eigenvalue weighted by Gasteiger charge is 2.35. The van der Waals surface area contributed by atoms with Crippen LogP contribution in [0.1, 0.15) is 145 Å². The molecule has 6 aromatic rings. The van der Waals surface area contributed by atoms with E-state index in [1.165, 1.54) is 12.8 Å². The van der Waals surface area contributed by atoms with Gasteiger partial charge in [-0.05, 0) is 122 Å². The molecular weight excluding hydrogens is 902 g/mol. The first-order valence-corrected chi connectivity index (χ1v) is 25.5. The number of carbonyl (C=O) groups is 3. The molecule has 0 radical (unpaired) electrons. The summed E-state index contributed by atoms with van der Waals surface area (Å²) in [5.74, 6) is 2.36. The van der Waals surface area contributed by atoms with Crippen molar-refractivity contribution >= 4 is 51.6 Å². The molecule has 2 aromatic carbocycles. The number of carbonyl (C=O) groups excluding carboxylic acids is 3. The van der Waals surface area contributed by atoms with E-state index in [1.807, 2.05) is 80.0 Å². The number of nitrogens with two attached hydrogens (primary N) is 1. The molecule has 5 atom stereocenters. The van der Waals surface area contributed by atoms with Gasteiger partial charge in [0.2, 0.25) is 0 Å². The van der Waals surface area contributed by atoms with Gasteiger partial charge in [0.15, 0.2) is 17.1 Å². The fourth-order valence-corrected chi connectivity index (χ4v) is 10.5. The van der Waals surface area contributed by atoms with Crippen LogP contribution in [-0.4, -0.2) is 96.7 Å². The van der Waals surface area contributed by atoms with Gasteiger partial charge in [-0.3, -0.25) is 9.59 Å². The first kappa shape index (κ1) is 50.5. The Morgan fingerprint density at radius 2 is 1.29 bits per heavy atom. The van der Waals surface area contributed by atoms with Crippen LogP contribution in [0.5, 0.6) is 0 Å². The molecule has 4 N–H and O–H groups in total. The Morgan fingerprint density at radius 3 is 1.86 bits per heavy atom. The predicted molar refractivity (Wildman–Crippen MR) is 276 cm³/mol. The topological polar surface area (TPSA) is 177 Å². The normalized spacial score (nSPS) is 21.5. The number of nitrogens with one attached hydrogen (secondary N) is 2. The first-order valence-electron chi connectivity index (χ1n) is 25.1. The Kier molecular flexibility index (Phi) is 15.9. The van der Waals surface area contributed by atoms with Gasteiger partial charge in [-0.2, -0.15) is 10.2 Å². The molecule has 4 aromatic heterocycles. The molecule has 16 heteroatoms. The summed E-state index contributed by atoms with van der Waals surface area (Å²) in [6, 6.07) is 20.0. The molecular formula is C54H70ClN11O4. The highest BCUT2D eigenvalue weighted by molar-refractivity contribution is 6.67. The molecule has 3 saturated heterocycles. The largest absolute Gasteiger partial charge is 0.444 e. The Hall–Kier alpha value is -5.90. The maximum atomic E-state index is 13.5. The van der Waals surface area contributed by atoms with E-state index in [0.29, 0.717) is 11.6 Å². The van der Waals surface area contributed by atoms with Crippen LogP contribution in [0.4, 0.5) is 16.4 Å². The average molecular weight is 973 g/mol. The molecule has 4 aliphatic rings. The molecule has 0 bridgehead atoms. The van der Waals surface area contributed by atoms with Gasteiger partial charge >= 0.3 is 6.09 Å². The van der Waals surface area contributed by atoms with Gasteiger partial charge < -0.3 is 30.9 Å². The molecule has 1 saturated carbocycles. The van der Waals surface area contributed by atoms with Gasteiger partial charge in [-0.1, -0.05) is 61.7 Å². The number of alkyl carbamates (subject to hydrolysis) is 1. The van der Waals surface area contributed by atoms with Crippen LogP contribution in [0, 0.1) is 33.6 Å². The molecule has 1 amide bonds. The molecule has 1 unspecified atom stereocenters. The van der Waals surface area contributed by atoms with Crippen LogP contribution < -0.4 is 26.2 Å². The average Bonchev–Trinajstić information content (AvgIpc) is 4.16. The molecule has 10 rings (SSSR count). The minimum atomic E-state index is -0.488. The Morgan fingerprint density at radius 1 is 0.714 bits per heavy atom. The highest BCUT2D eigenvalue weighted by Crippen LogP contribution is 2.40. The van der Waals surface area contributed by atoms with E-state index in [0.717, 1.165) is 140 Å². The summed E-state index contributed by atoms with van der Waals surface area (Å²) in [7, 11) is 0. The smallest absolute Gasteiger partial charge is 0.407 e. The molecule has 1 aliphatic carbocycles. The standard InChI is InChI=1S/C25H31N5O.C21H32N6O2.C8H7ClO/c1-16-7-3-4-8-19(16)24(31)21-10-6-5-9-20(21)22-13-23-27-25(17(2)14-30(23)28-22)29-12-11-18(26)15-29;1-14-12-27-18(11-17(25-27)16-7-5-6-9-22-16)24-19(14)26-10-8-15(13-26)23-20(28)29-21(2,3)4;1-6-4-2-3-5-7(6)8(9)10/h3-4,7-8,13-14,18,20-21H,5-6,9-12,15,26H2,1-2H3;11-12,15-16,22H,5-10,13H2,1-4H3,(H,23,28);2-5H,1H3/t18-,20+,21?;15-,16-;/m00./s1. The SMILES string of the molecule is Cc1ccccc1C(=O)C1CCCC[C@H]1c1cc2nc(N3CC[C@H](N)C3)c(C)cn2n1.Cc1ccccc1C(=O)Cl.Cc1cn2nc([C@@H]3CCCCN3)cc2nc1N1CC[C@H](NC(=O)OC(C)(C)C)C1. The molecule has 4 fully saturated rings. The zero-order valence-electron chi connectivity index (χ0n) is 41.9. The number of Topliss-reactive ketones (excluding diaryl/α,β-unsaturated/α-hetero) is 1. The van der Waals surface area contributed by atoms with Crippen LogP contribution in [0.15, 0.2) is 73.1 Å². The summed E-state index contributed by atoms with van der Waals surface area (Å²) in [5.41, 5.74) is 15.0. The van der Waals surface area contributed by atoms with Crippen molar-refractivity contribution in [3.63, 3.8) is 0 Å². The fourth-order valence-electron chi connectivity index (χ4n) is 10.3. The van der Waals surface area contributed by atoms with Crippen LogP contribution >= 0.6 is 11.6 Å². The number of halogens is 1. The second kappa shape index (κ2) is 22.0. The lowest BCUT2D eigenvalue weighted by Crippen LogP contribution is -2.40. The number of rotatable bonds is 8. The van der Waals surface area contributed by atoms with Crippen molar-refractivity contribution in [3.05, 3.63) is 118 Å². The summed E-state index contributed by atoms with van der Waals surface area (Å²) >= 11 is 5.27. The summed E-state index contributed by atoms with van der Waals surface area (Å²) in [6.07, 6.45) is 13.4. The lowest BCUT2D eigenvalue weighted by molar-refractivity contribution is 0.0508. The zero-order chi connectivity index (χ0) is 49.7. The van der Waals surface area contributed by atoms with E-state index in [4.69, 9.17) is 42.2 Å². The van der Waals surface area contributed by atoms with Gasteiger partial charge in [0, 0.05) is 90.8 Å². The summed E-state index contributed by atoms with van der Waals surface area (Å²) < 4.78 is 9.15. The van der Waals surface area contributed by atoms with Gasteiger partial charge in [0.05, 0.1) is 23.5 Å². The van der Waals surface area contributed by atoms with Crippen LogP contribution in [0.2, 0.25) is 0 Å². The first-order chi connectivity index (χ1) is 33.5. The number of benzene rings is 2. The Bertz CT molecular complexity index is 2810. The minimum Gasteiger partial charge on any atom is -0.444 e. The van der Waals surface area contributed by atoms with Gasteiger partial charge in [-0.15, -0.1) is 0 Å². The highest BCUT2D eigenvalue weighted by atomic mass is 35.5. The third-order valence-corrected chi connectivity index (χ3v) is 14.1. The minimum absolute atomic E-state index is 0.0167. The lowest BCUT2D eigenvalue weighted by atomic mass is 9.73. The lowest BCUT2D eigenvalue weighted by Gasteiger charge is -2.29. The summed E-state index contributed by atoms with van der Waals surface area (Å²) in [6.45, 7) is 18.1. The van der Waals surface area contributed by atoms with E-state index in [2.05, 4.69) is 58.8 Å². The van der Waals surface area contributed by atoms with Gasteiger partial charge in [0.1, 0.15) is 17.2 Å². The number of hydrogen-bond donors (Lipinski definition) is 3. The summed E-state index contributed by atoms with van der Waals surface area (Å²) in [4.78, 5) is 50.5. The van der Waals surface area contributed by atoms with E-state index in [9.17, 15) is 14.4 Å². The molecule has 7 heterocycles. The van der Waals surface area contributed by atoms with E-state index in [1.54, 1.807) is 12.1 Å². The number of fused-ring (bicyclic) bond motifs is 2. The van der Waals surface area contributed by atoms with Crippen molar-refractivity contribution in [3.8, 4) is 0 Å². The maximum Gasteiger partial charge on any atom is 0.407 e. The number of hydrogen-bond acceptors (Lipinski definition) is 12. The van der Waals surface area contributed by atoms with Crippen molar-refractivity contribution < 1.29 is 19.1 Å². The fraction of sp³-hybridized carbons (Fsp3) is 0.500. The molecule has 70 heavy (non-hydrogen) atoms. The number of ketones is 1. The van der Waals surface area contributed by atoms with Crippen LogP contribution in [0.3, 0.4) is 0 Å².